The Labute approximate surface area is 65.5 Å². The topological polar surface area (TPSA) is 169 Å². The third-order valence-electron chi connectivity index (χ3n) is 0.183. The summed E-state index contributed by atoms with van der Waals surface area (Å²) < 4.78 is 0. The molecular formula is C2H8NiO7. The second-order valence-electron chi connectivity index (χ2n) is 0.610. The van der Waals surface area contributed by atoms with Crippen LogP contribution in [0.15, 0.2) is 0 Å². The van der Waals surface area contributed by atoms with Gasteiger partial charge < -0.3 is 26.6 Å². The number of carbonyl (C=O) groups is 2. The molecule has 0 radical (unpaired) electrons. The van der Waals surface area contributed by atoms with E-state index in [4.69, 9.17) is 19.8 Å². The largest absolute Gasteiger partial charge is 0.473 e. The third kappa shape index (κ3) is 26.6. The first-order chi connectivity index (χ1) is 2.64. The van der Waals surface area contributed by atoms with Crippen molar-refractivity contribution in [2.75, 3.05) is 0 Å². The van der Waals surface area contributed by atoms with Crippen molar-refractivity contribution in [1.82, 2.24) is 0 Å². The molecule has 8 heteroatoms. The summed E-state index contributed by atoms with van der Waals surface area (Å²) in [6, 6.07) is 0. The maximum absolute atomic E-state index is 9.10. The molecule has 0 atom stereocenters. The average molecular weight is 203 g/mol. The first-order valence-corrected chi connectivity index (χ1v) is 1.11. The molecule has 0 amide bonds. The standard InChI is InChI=1S/C2H2O4.Ni.3H2O/c3-1(4)2(5)6;;;;/h(H,3,4)(H,5,6);;3*1H2. The van der Waals surface area contributed by atoms with Gasteiger partial charge in [-0.25, -0.2) is 9.59 Å². The zero-order chi connectivity index (χ0) is 5.15. The summed E-state index contributed by atoms with van der Waals surface area (Å²) in [6.45, 7) is 0. The maximum Gasteiger partial charge on any atom is 0.414 e. The smallest absolute Gasteiger partial charge is 0.414 e. The Balaban J connectivity index is -0.0000000208. The minimum absolute atomic E-state index is 0. The Kier molecular flexibility index (Phi) is 54.5. The molecule has 0 aromatic heterocycles. The van der Waals surface area contributed by atoms with Gasteiger partial charge in [-0.05, 0) is 0 Å². The molecule has 7 nitrogen and oxygen atoms in total. The number of carboxylic acid groups (broad SMARTS) is 2. The maximum atomic E-state index is 9.10. The van der Waals surface area contributed by atoms with Crippen molar-refractivity contribution >= 4 is 11.9 Å². The van der Waals surface area contributed by atoms with Gasteiger partial charge in [0.25, 0.3) is 0 Å². The normalized spacial score (nSPS) is 4.40. The summed E-state index contributed by atoms with van der Waals surface area (Å²) in [7, 11) is 0. The molecule has 0 aliphatic carbocycles. The van der Waals surface area contributed by atoms with Crippen LogP contribution in [-0.2, 0) is 26.1 Å². The van der Waals surface area contributed by atoms with Crippen LogP contribution >= 0.6 is 0 Å². The van der Waals surface area contributed by atoms with Crippen LogP contribution in [0.1, 0.15) is 0 Å². The summed E-state index contributed by atoms with van der Waals surface area (Å²) in [5, 5.41) is 14.8. The van der Waals surface area contributed by atoms with Crippen LogP contribution < -0.4 is 0 Å². The van der Waals surface area contributed by atoms with Crippen molar-refractivity contribution < 1.29 is 52.7 Å². The van der Waals surface area contributed by atoms with E-state index >= 15 is 0 Å². The van der Waals surface area contributed by atoms with Gasteiger partial charge in [0.1, 0.15) is 0 Å². The Morgan fingerprint density at radius 1 is 0.800 bits per heavy atom. The summed E-state index contributed by atoms with van der Waals surface area (Å²) >= 11 is 0. The van der Waals surface area contributed by atoms with E-state index in [1.807, 2.05) is 0 Å². The van der Waals surface area contributed by atoms with E-state index in [1.165, 1.54) is 0 Å². The molecule has 0 saturated heterocycles. The van der Waals surface area contributed by atoms with Gasteiger partial charge in [-0.2, -0.15) is 0 Å². The summed E-state index contributed by atoms with van der Waals surface area (Å²) in [6.07, 6.45) is 0. The number of hydrogen-bond acceptors (Lipinski definition) is 2. The van der Waals surface area contributed by atoms with E-state index in [9.17, 15) is 0 Å². The van der Waals surface area contributed by atoms with Crippen molar-refractivity contribution in [3.8, 4) is 0 Å². The molecular weight excluding hydrogens is 195 g/mol. The minimum Gasteiger partial charge on any atom is -0.473 e. The second kappa shape index (κ2) is 15.7. The molecule has 0 aromatic carbocycles. The second-order valence-corrected chi connectivity index (χ2v) is 0.610. The predicted molar refractivity (Wildman–Crippen MR) is 26.1 cm³/mol. The summed E-state index contributed by atoms with van der Waals surface area (Å²) in [5.41, 5.74) is 0. The van der Waals surface area contributed by atoms with Gasteiger partial charge >= 0.3 is 11.9 Å². The predicted octanol–water partition coefficient (Wildman–Crippen LogP) is -3.32. The van der Waals surface area contributed by atoms with Crippen LogP contribution in [-0.4, -0.2) is 38.6 Å². The van der Waals surface area contributed by atoms with Crippen LogP contribution in [0.2, 0.25) is 0 Å². The molecule has 0 bridgehead atoms. The molecule has 0 fully saturated rings. The monoisotopic (exact) mass is 202 g/mol. The fraction of sp³-hybridized carbons (Fsp3) is 0. The van der Waals surface area contributed by atoms with E-state index in [0.717, 1.165) is 0 Å². The van der Waals surface area contributed by atoms with E-state index in [0.29, 0.717) is 0 Å². The fourth-order valence-electron chi connectivity index (χ4n) is 0. The Hall–Kier alpha value is -0.686. The van der Waals surface area contributed by atoms with Gasteiger partial charge in [0.2, 0.25) is 0 Å². The number of aliphatic carboxylic acids is 2. The van der Waals surface area contributed by atoms with Crippen LogP contribution in [0, 0.1) is 0 Å². The van der Waals surface area contributed by atoms with Gasteiger partial charge in [0.15, 0.2) is 0 Å². The van der Waals surface area contributed by atoms with Crippen molar-refractivity contribution in [3.05, 3.63) is 0 Å². The van der Waals surface area contributed by atoms with Crippen molar-refractivity contribution in [2.45, 2.75) is 0 Å². The molecule has 0 aliphatic heterocycles. The van der Waals surface area contributed by atoms with Gasteiger partial charge in [0, 0.05) is 16.5 Å². The molecule has 0 spiro atoms. The number of carboxylic acids is 2. The molecule has 10 heavy (non-hydrogen) atoms. The Morgan fingerprint density at radius 2 is 0.900 bits per heavy atom. The molecule has 0 aromatic rings. The fourth-order valence-corrected chi connectivity index (χ4v) is 0. The first kappa shape index (κ1) is 34.6. The Bertz CT molecular complexity index is 77.6. The zero-order valence-electron chi connectivity index (χ0n) is 4.53. The van der Waals surface area contributed by atoms with Crippen LogP contribution in [0.5, 0.6) is 0 Å². The SMILES string of the molecule is O.O.O.O=C(O)C(=O)O.[Ni]. The molecule has 0 saturated carbocycles. The molecule has 0 heterocycles. The minimum atomic E-state index is -1.82. The van der Waals surface area contributed by atoms with E-state index in [2.05, 4.69) is 0 Å². The van der Waals surface area contributed by atoms with Crippen molar-refractivity contribution in [2.24, 2.45) is 0 Å². The molecule has 68 valence electrons. The van der Waals surface area contributed by atoms with Crippen molar-refractivity contribution in [1.29, 1.82) is 0 Å². The van der Waals surface area contributed by atoms with Gasteiger partial charge in [0.05, 0.1) is 0 Å². The van der Waals surface area contributed by atoms with E-state index in [1.54, 1.807) is 0 Å². The van der Waals surface area contributed by atoms with Crippen molar-refractivity contribution in [3.63, 3.8) is 0 Å². The zero-order valence-corrected chi connectivity index (χ0v) is 5.51. The van der Waals surface area contributed by atoms with Gasteiger partial charge in [-0.1, -0.05) is 0 Å². The number of rotatable bonds is 0. The summed E-state index contributed by atoms with van der Waals surface area (Å²) in [4.78, 5) is 18.2. The number of hydrogen-bond donors (Lipinski definition) is 2. The van der Waals surface area contributed by atoms with E-state index < -0.39 is 11.9 Å². The Morgan fingerprint density at radius 3 is 0.900 bits per heavy atom. The quantitative estimate of drug-likeness (QED) is 0.310. The van der Waals surface area contributed by atoms with Crippen LogP contribution in [0.3, 0.4) is 0 Å². The third-order valence-corrected chi connectivity index (χ3v) is 0.183. The van der Waals surface area contributed by atoms with E-state index in [-0.39, 0.29) is 32.9 Å². The molecule has 0 aliphatic rings. The summed E-state index contributed by atoms with van der Waals surface area (Å²) in [5.74, 6) is -3.65. The first-order valence-electron chi connectivity index (χ1n) is 1.11. The van der Waals surface area contributed by atoms with Gasteiger partial charge in [-0.3, -0.25) is 0 Å². The van der Waals surface area contributed by atoms with Gasteiger partial charge in [-0.15, -0.1) is 0 Å². The molecule has 8 N–H and O–H groups in total. The van der Waals surface area contributed by atoms with Crippen LogP contribution in [0.25, 0.3) is 0 Å². The molecule has 0 rings (SSSR count). The van der Waals surface area contributed by atoms with Crippen LogP contribution in [0.4, 0.5) is 0 Å². The average Bonchev–Trinajstić information content (AvgIpc) is 1.36. The molecule has 0 unspecified atom stereocenters.